The van der Waals surface area contributed by atoms with Crippen LogP contribution in [0, 0.1) is 5.92 Å². The zero-order chi connectivity index (χ0) is 9.47. The molecular formula is C10H16O3. The summed E-state index contributed by atoms with van der Waals surface area (Å²) in [4.78, 5) is 0. The maximum atomic E-state index is 5.63. The predicted molar refractivity (Wildman–Crippen MR) is 48.1 cm³/mol. The number of hydrogen-bond donors (Lipinski definition) is 0. The highest BCUT2D eigenvalue weighted by Crippen LogP contribution is 2.35. The standard InChI is InChI=1S/C10H16O3/c1-10(2,3)12-6-8-7-4-5-11-9(7)13-8/h4-5,7-9H,6H2,1-3H3/t7-,8-,9+/m0/s1. The molecule has 0 radical (unpaired) electrons. The van der Waals surface area contributed by atoms with Crippen LogP contribution >= 0.6 is 0 Å². The van der Waals surface area contributed by atoms with Gasteiger partial charge in [-0.25, -0.2) is 0 Å². The summed E-state index contributed by atoms with van der Waals surface area (Å²) in [5.41, 5.74) is -0.0857. The van der Waals surface area contributed by atoms with Gasteiger partial charge in [0.2, 0.25) is 6.29 Å². The molecule has 0 aromatic carbocycles. The molecule has 3 heteroatoms. The van der Waals surface area contributed by atoms with Crippen LogP contribution in [0.5, 0.6) is 0 Å². The maximum Gasteiger partial charge on any atom is 0.208 e. The molecule has 2 heterocycles. The summed E-state index contributed by atoms with van der Waals surface area (Å²) in [5.74, 6) is 0.405. The molecule has 3 nitrogen and oxygen atoms in total. The van der Waals surface area contributed by atoms with E-state index < -0.39 is 0 Å². The van der Waals surface area contributed by atoms with Crippen molar-refractivity contribution >= 4 is 0 Å². The Morgan fingerprint density at radius 3 is 2.77 bits per heavy atom. The molecule has 0 aromatic heterocycles. The third-order valence-electron chi connectivity index (χ3n) is 2.25. The topological polar surface area (TPSA) is 27.7 Å². The van der Waals surface area contributed by atoms with Gasteiger partial charge in [0.1, 0.15) is 0 Å². The second kappa shape index (κ2) is 3.00. The van der Waals surface area contributed by atoms with Crippen molar-refractivity contribution < 1.29 is 14.2 Å². The predicted octanol–water partition coefficient (Wildman–Crippen LogP) is 1.69. The Balaban J connectivity index is 1.76. The fraction of sp³-hybridized carbons (Fsp3) is 0.800. The zero-order valence-electron chi connectivity index (χ0n) is 8.32. The van der Waals surface area contributed by atoms with Crippen LogP contribution in [0.3, 0.4) is 0 Å². The van der Waals surface area contributed by atoms with Crippen molar-refractivity contribution in [2.75, 3.05) is 6.61 Å². The number of hydrogen-bond acceptors (Lipinski definition) is 3. The fourth-order valence-electron chi connectivity index (χ4n) is 1.47. The molecule has 1 fully saturated rings. The second-order valence-electron chi connectivity index (χ2n) is 4.51. The Morgan fingerprint density at radius 2 is 2.15 bits per heavy atom. The molecular weight excluding hydrogens is 168 g/mol. The molecule has 0 amide bonds. The van der Waals surface area contributed by atoms with Gasteiger partial charge in [-0.05, 0) is 26.8 Å². The Kier molecular flexibility index (Phi) is 2.08. The fourth-order valence-corrected chi connectivity index (χ4v) is 1.47. The van der Waals surface area contributed by atoms with Crippen LogP contribution < -0.4 is 0 Å². The van der Waals surface area contributed by atoms with Crippen LogP contribution in [-0.2, 0) is 14.2 Å². The smallest absolute Gasteiger partial charge is 0.208 e. The Hall–Kier alpha value is -0.540. The van der Waals surface area contributed by atoms with Crippen LogP contribution in [0.4, 0.5) is 0 Å². The van der Waals surface area contributed by atoms with Crippen molar-refractivity contribution in [1.29, 1.82) is 0 Å². The Labute approximate surface area is 78.7 Å². The number of ether oxygens (including phenoxy) is 3. The normalized spacial score (nSPS) is 36.7. The van der Waals surface area contributed by atoms with Gasteiger partial charge in [-0.2, -0.15) is 0 Å². The molecule has 2 aliphatic heterocycles. The van der Waals surface area contributed by atoms with Crippen LogP contribution in [0.15, 0.2) is 12.3 Å². The molecule has 0 bridgehead atoms. The van der Waals surface area contributed by atoms with E-state index in [1.54, 1.807) is 6.26 Å². The highest BCUT2D eigenvalue weighted by molar-refractivity contribution is 5.02. The molecule has 0 unspecified atom stereocenters. The minimum absolute atomic E-state index is 0.0337. The van der Waals surface area contributed by atoms with Crippen LogP contribution in [0.1, 0.15) is 20.8 Å². The van der Waals surface area contributed by atoms with Crippen molar-refractivity contribution in [1.82, 2.24) is 0 Å². The van der Waals surface area contributed by atoms with Gasteiger partial charge in [0.05, 0.1) is 30.5 Å². The summed E-state index contributed by atoms with van der Waals surface area (Å²) in [6.45, 7) is 6.79. The van der Waals surface area contributed by atoms with E-state index in [2.05, 4.69) is 0 Å². The van der Waals surface area contributed by atoms with Crippen LogP contribution in [0.2, 0.25) is 0 Å². The first-order valence-corrected chi connectivity index (χ1v) is 4.68. The van der Waals surface area contributed by atoms with Crippen molar-refractivity contribution in [2.24, 2.45) is 5.92 Å². The highest BCUT2D eigenvalue weighted by atomic mass is 16.7. The zero-order valence-corrected chi connectivity index (χ0v) is 8.32. The lowest BCUT2D eigenvalue weighted by Gasteiger charge is -2.39. The van der Waals surface area contributed by atoms with Gasteiger partial charge in [-0.3, -0.25) is 0 Å². The van der Waals surface area contributed by atoms with E-state index in [-0.39, 0.29) is 18.0 Å². The summed E-state index contributed by atoms with van der Waals surface area (Å²) in [7, 11) is 0. The molecule has 2 aliphatic rings. The van der Waals surface area contributed by atoms with Gasteiger partial charge in [-0.15, -0.1) is 0 Å². The Bertz CT molecular complexity index is 217. The van der Waals surface area contributed by atoms with E-state index in [4.69, 9.17) is 14.2 Å². The van der Waals surface area contributed by atoms with E-state index in [0.717, 1.165) is 0 Å². The van der Waals surface area contributed by atoms with Crippen molar-refractivity contribution in [2.45, 2.75) is 38.8 Å². The summed E-state index contributed by atoms with van der Waals surface area (Å²) in [6, 6.07) is 0. The SMILES string of the molecule is CC(C)(C)OC[C@@H]1O[C@H]2OC=C[C@H]21. The van der Waals surface area contributed by atoms with E-state index in [1.165, 1.54) is 0 Å². The highest BCUT2D eigenvalue weighted by Gasteiger charge is 2.45. The van der Waals surface area contributed by atoms with E-state index in [9.17, 15) is 0 Å². The van der Waals surface area contributed by atoms with Gasteiger partial charge in [0, 0.05) is 0 Å². The molecule has 1 saturated heterocycles. The first kappa shape index (κ1) is 9.03. The van der Waals surface area contributed by atoms with Crippen molar-refractivity contribution in [3.8, 4) is 0 Å². The lowest BCUT2D eigenvalue weighted by Crippen LogP contribution is -2.49. The second-order valence-corrected chi connectivity index (χ2v) is 4.51. The molecule has 0 spiro atoms. The number of fused-ring (bicyclic) bond motifs is 1. The van der Waals surface area contributed by atoms with Gasteiger partial charge in [-0.1, -0.05) is 0 Å². The number of rotatable bonds is 2. The summed E-state index contributed by atoms with van der Waals surface area (Å²) in [5, 5.41) is 0. The van der Waals surface area contributed by atoms with Gasteiger partial charge in [0.15, 0.2) is 0 Å². The van der Waals surface area contributed by atoms with E-state index in [1.807, 2.05) is 26.8 Å². The van der Waals surface area contributed by atoms with E-state index >= 15 is 0 Å². The van der Waals surface area contributed by atoms with Crippen LogP contribution in [0.25, 0.3) is 0 Å². The molecule has 3 atom stereocenters. The van der Waals surface area contributed by atoms with Crippen molar-refractivity contribution in [3.63, 3.8) is 0 Å². The summed E-state index contributed by atoms with van der Waals surface area (Å²) < 4.78 is 16.2. The Morgan fingerprint density at radius 1 is 1.38 bits per heavy atom. The molecule has 13 heavy (non-hydrogen) atoms. The van der Waals surface area contributed by atoms with Gasteiger partial charge >= 0.3 is 0 Å². The van der Waals surface area contributed by atoms with Crippen molar-refractivity contribution in [3.05, 3.63) is 12.3 Å². The molecule has 0 aromatic rings. The average Bonchev–Trinajstić information content (AvgIpc) is 2.30. The summed E-state index contributed by atoms with van der Waals surface area (Å²) in [6.07, 6.45) is 3.91. The minimum atomic E-state index is -0.0857. The largest absolute Gasteiger partial charge is 0.472 e. The minimum Gasteiger partial charge on any atom is -0.472 e. The molecule has 0 aliphatic carbocycles. The third-order valence-corrected chi connectivity index (χ3v) is 2.25. The molecule has 0 N–H and O–H groups in total. The first-order chi connectivity index (χ1) is 6.06. The summed E-state index contributed by atoms with van der Waals surface area (Å²) >= 11 is 0. The third kappa shape index (κ3) is 1.86. The van der Waals surface area contributed by atoms with Gasteiger partial charge in [0.25, 0.3) is 0 Å². The maximum absolute atomic E-state index is 5.63. The monoisotopic (exact) mass is 184 g/mol. The lowest BCUT2D eigenvalue weighted by atomic mass is 9.97. The molecule has 74 valence electrons. The lowest BCUT2D eigenvalue weighted by molar-refractivity contribution is -0.272. The molecule has 2 rings (SSSR count). The molecule has 0 saturated carbocycles. The first-order valence-electron chi connectivity index (χ1n) is 4.68. The van der Waals surface area contributed by atoms with Crippen LogP contribution in [-0.4, -0.2) is 24.6 Å². The quantitative estimate of drug-likeness (QED) is 0.653. The van der Waals surface area contributed by atoms with Gasteiger partial charge < -0.3 is 14.2 Å². The van der Waals surface area contributed by atoms with E-state index in [0.29, 0.717) is 12.5 Å². The average molecular weight is 184 g/mol.